The Kier molecular flexibility index (Phi) is 6.75. The first kappa shape index (κ1) is 21.1. The molecule has 1 atom stereocenters. The predicted molar refractivity (Wildman–Crippen MR) is 105 cm³/mol. The highest BCUT2D eigenvalue weighted by Gasteiger charge is 2.34. The summed E-state index contributed by atoms with van der Waals surface area (Å²) in [5.41, 5.74) is -0.0901. The quantitative estimate of drug-likeness (QED) is 0.383. The lowest BCUT2D eigenvalue weighted by Gasteiger charge is -2.13. The van der Waals surface area contributed by atoms with E-state index in [0.29, 0.717) is 23.7 Å². The average Bonchev–Trinajstić information content (AvgIpc) is 3.19. The summed E-state index contributed by atoms with van der Waals surface area (Å²) in [6.07, 6.45) is -1.66. The molecule has 1 amide bonds. The minimum absolute atomic E-state index is 0.000273. The van der Waals surface area contributed by atoms with Gasteiger partial charge in [-0.1, -0.05) is 24.4 Å². The van der Waals surface area contributed by atoms with Gasteiger partial charge < -0.3 is 15.4 Å². The lowest BCUT2D eigenvalue weighted by Crippen LogP contribution is -2.12. The molecule has 1 aromatic heterocycles. The highest BCUT2D eigenvalue weighted by molar-refractivity contribution is 7.99. The van der Waals surface area contributed by atoms with E-state index in [1.807, 2.05) is 0 Å². The molecule has 1 aromatic carbocycles. The molecule has 6 nitrogen and oxygen atoms in total. The van der Waals surface area contributed by atoms with Crippen molar-refractivity contribution < 1.29 is 22.7 Å². The topological polar surface area (TPSA) is 76.1 Å². The smallest absolute Gasteiger partial charge is 0.377 e. The van der Waals surface area contributed by atoms with Crippen molar-refractivity contribution in [2.45, 2.75) is 30.3 Å². The molecule has 29 heavy (non-hydrogen) atoms. The Morgan fingerprint density at radius 1 is 1.31 bits per heavy atom. The number of benzene rings is 1. The number of hydrogen-bond donors (Lipinski definition) is 2. The fraction of sp³-hybridized carbons (Fsp3) is 0.316. The molecule has 1 saturated heterocycles. The number of rotatable bonds is 7. The SMILES string of the molecule is C=CC(=O)Nc1cccc(Nc2cc(C(F)(F)F)nc(SCC3CCCO3)n2)c1. The first-order valence-corrected chi connectivity index (χ1v) is 9.83. The molecule has 1 aliphatic heterocycles. The van der Waals surface area contributed by atoms with E-state index < -0.39 is 17.8 Å². The predicted octanol–water partition coefficient (Wildman–Crippen LogP) is 4.63. The van der Waals surface area contributed by atoms with Crippen molar-refractivity contribution in [3.05, 3.63) is 48.7 Å². The van der Waals surface area contributed by atoms with Crippen LogP contribution in [0.2, 0.25) is 0 Å². The number of anilines is 3. The number of thioether (sulfide) groups is 1. The standard InChI is InChI=1S/C19H19F3N4O2S/c1-2-17(27)24-13-6-3-5-12(9-13)23-16-10-15(19(20,21)22)25-18(26-16)29-11-14-7-4-8-28-14/h2-3,5-6,9-10,14H,1,4,7-8,11H2,(H,24,27)(H,23,25,26). The molecular weight excluding hydrogens is 405 g/mol. The van der Waals surface area contributed by atoms with Crippen LogP contribution in [-0.2, 0) is 15.7 Å². The van der Waals surface area contributed by atoms with Crippen molar-refractivity contribution in [1.82, 2.24) is 9.97 Å². The van der Waals surface area contributed by atoms with Gasteiger partial charge in [0.2, 0.25) is 5.91 Å². The van der Waals surface area contributed by atoms with Crippen LogP contribution >= 0.6 is 11.8 Å². The number of nitrogens with one attached hydrogen (secondary N) is 2. The Labute approximate surface area is 170 Å². The molecule has 1 fully saturated rings. The second-order valence-corrected chi connectivity index (χ2v) is 7.25. The summed E-state index contributed by atoms with van der Waals surface area (Å²) in [7, 11) is 0. The van der Waals surface area contributed by atoms with Gasteiger partial charge in [-0.2, -0.15) is 13.2 Å². The van der Waals surface area contributed by atoms with Gasteiger partial charge in [-0.25, -0.2) is 9.97 Å². The van der Waals surface area contributed by atoms with Crippen LogP contribution in [0.4, 0.5) is 30.4 Å². The molecular formula is C19H19F3N4O2S. The number of alkyl halides is 3. The van der Waals surface area contributed by atoms with Crippen LogP contribution in [-0.4, -0.2) is 34.3 Å². The fourth-order valence-corrected chi connectivity index (χ4v) is 3.58. The number of amides is 1. The lowest BCUT2D eigenvalue weighted by molar-refractivity contribution is -0.141. The van der Waals surface area contributed by atoms with Crippen LogP contribution in [0.25, 0.3) is 0 Å². The van der Waals surface area contributed by atoms with Crippen molar-refractivity contribution in [2.24, 2.45) is 0 Å². The van der Waals surface area contributed by atoms with E-state index in [1.54, 1.807) is 24.3 Å². The molecule has 0 aliphatic carbocycles. The molecule has 0 bridgehead atoms. The minimum atomic E-state index is -4.60. The number of nitrogens with zero attached hydrogens (tertiary/aromatic N) is 2. The van der Waals surface area contributed by atoms with Crippen molar-refractivity contribution in [3.8, 4) is 0 Å². The third-order valence-corrected chi connectivity index (χ3v) is 4.99. The number of ether oxygens (including phenoxy) is 1. The normalized spacial score (nSPS) is 16.4. The van der Waals surface area contributed by atoms with E-state index in [4.69, 9.17) is 4.74 Å². The number of aromatic nitrogens is 2. The molecule has 1 aliphatic rings. The third kappa shape index (κ3) is 6.20. The molecule has 0 saturated carbocycles. The molecule has 154 valence electrons. The maximum absolute atomic E-state index is 13.3. The van der Waals surface area contributed by atoms with E-state index in [-0.39, 0.29) is 17.1 Å². The first-order valence-electron chi connectivity index (χ1n) is 8.84. The van der Waals surface area contributed by atoms with Gasteiger partial charge in [0, 0.05) is 29.8 Å². The summed E-state index contributed by atoms with van der Waals surface area (Å²) in [6.45, 7) is 4.04. The molecule has 3 rings (SSSR count). The van der Waals surface area contributed by atoms with Crippen molar-refractivity contribution in [1.29, 1.82) is 0 Å². The molecule has 2 aromatic rings. The van der Waals surface area contributed by atoms with Gasteiger partial charge in [-0.05, 0) is 37.1 Å². The molecule has 2 heterocycles. The molecule has 2 N–H and O–H groups in total. The van der Waals surface area contributed by atoms with E-state index in [2.05, 4.69) is 27.2 Å². The van der Waals surface area contributed by atoms with Crippen molar-refractivity contribution in [3.63, 3.8) is 0 Å². The van der Waals surface area contributed by atoms with Crippen LogP contribution in [0.15, 0.2) is 48.1 Å². The highest BCUT2D eigenvalue weighted by atomic mass is 32.2. The fourth-order valence-electron chi connectivity index (χ4n) is 2.66. The second kappa shape index (κ2) is 9.27. The van der Waals surface area contributed by atoms with Crippen LogP contribution < -0.4 is 10.6 Å². The van der Waals surface area contributed by atoms with Crippen LogP contribution in [0, 0.1) is 0 Å². The third-order valence-electron chi connectivity index (χ3n) is 4.01. The van der Waals surface area contributed by atoms with Crippen LogP contribution in [0.3, 0.4) is 0 Å². The monoisotopic (exact) mass is 424 g/mol. The van der Waals surface area contributed by atoms with Crippen LogP contribution in [0.5, 0.6) is 0 Å². The Hall–Kier alpha value is -2.59. The van der Waals surface area contributed by atoms with Gasteiger partial charge in [0.15, 0.2) is 10.9 Å². The summed E-state index contributed by atoms with van der Waals surface area (Å²) < 4.78 is 45.3. The van der Waals surface area contributed by atoms with Gasteiger partial charge in [-0.3, -0.25) is 4.79 Å². The average molecular weight is 424 g/mol. The van der Waals surface area contributed by atoms with Crippen molar-refractivity contribution >= 4 is 34.9 Å². The summed E-state index contributed by atoms with van der Waals surface area (Å²) in [4.78, 5) is 19.3. The number of carbonyl (C=O) groups excluding carboxylic acids is 1. The maximum Gasteiger partial charge on any atom is 0.433 e. The molecule has 10 heteroatoms. The Morgan fingerprint density at radius 2 is 2.10 bits per heavy atom. The summed E-state index contributed by atoms with van der Waals surface area (Å²) >= 11 is 1.13. The zero-order chi connectivity index (χ0) is 20.9. The van der Waals surface area contributed by atoms with E-state index in [1.165, 1.54) is 0 Å². The van der Waals surface area contributed by atoms with Gasteiger partial charge in [-0.15, -0.1) is 0 Å². The van der Waals surface area contributed by atoms with Crippen molar-refractivity contribution in [2.75, 3.05) is 23.0 Å². The van der Waals surface area contributed by atoms with E-state index >= 15 is 0 Å². The zero-order valence-electron chi connectivity index (χ0n) is 15.3. The Bertz CT molecular complexity index is 886. The van der Waals surface area contributed by atoms with E-state index in [9.17, 15) is 18.0 Å². The van der Waals surface area contributed by atoms with Gasteiger partial charge in [0.25, 0.3) is 0 Å². The molecule has 1 unspecified atom stereocenters. The summed E-state index contributed by atoms with van der Waals surface area (Å²) in [5.74, 6) is 0.106. The Morgan fingerprint density at radius 3 is 2.79 bits per heavy atom. The lowest BCUT2D eigenvalue weighted by atomic mass is 10.2. The van der Waals surface area contributed by atoms with Crippen LogP contribution in [0.1, 0.15) is 18.5 Å². The minimum Gasteiger partial charge on any atom is -0.377 e. The van der Waals surface area contributed by atoms with Gasteiger partial charge in [0.1, 0.15) is 5.82 Å². The first-order chi connectivity index (χ1) is 13.8. The van der Waals surface area contributed by atoms with Gasteiger partial charge >= 0.3 is 6.18 Å². The molecule has 0 spiro atoms. The van der Waals surface area contributed by atoms with Gasteiger partial charge in [0.05, 0.1) is 6.10 Å². The number of carbonyl (C=O) groups is 1. The maximum atomic E-state index is 13.3. The summed E-state index contributed by atoms with van der Waals surface area (Å²) in [5, 5.41) is 5.45. The molecule has 0 radical (unpaired) electrons. The zero-order valence-corrected chi connectivity index (χ0v) is 16.1. The Balaban J connectivity index is 1.80. The highest BCUT2D eigenvalue weighted by Crippen LogP contribution is 2.32. The number of halogens is 3. The second-order valence-electron chi connectivity index (χ2n) is 6.26. The van der Waals surface area contributed by atoms with E-state index in [0.717, 1.165) is 36.7 Å². The summed E-state index contributed by atoms with van der Waals surface area (Å²) in [6, 6.07) is 7.38. The number of hydrogen-bond acceptors (Lipinski definition) is 6. The largest absolute Gasteiger partial charge is 0.433 e.